The SMILES string of the molecule is COCCN1CC2C(C1)C2c1cc(-c2cnc(N)c(C(F)(F)F)c2)nn1C(C)C. The summed E-state index contributed by atoms with van der Waals surface area (Å²) in [4.78, 5) is 6.16. The minimum absolute atomic E-state index is 0.119. The van der Waals surface area contributed by atoms with Crippen LogP contribution in [0.15, 0.2) is 18.3 Å². The van der Waals surface area contributed by atoms with Crippen molar-refractivity contribution in [1.82, 2.24) is 19.7 Å². The van der Waals surface area contributed by atoms with Crippen molar-refractivity contribution in [3.8, 4) is 11.3 Å². The number of halogens is 3. The van der Waals surface area contributed by atoms with Crippen LogP contribution in [-0.2, 0) is 10.9 Å². The minimum Gasteiger partial charge on any atom is -0.383 e. The average molecular weight is 409 g/mol. The van der Waals surface area contributed by atoms with Crippen LogP contribution in [0.4, 0.5) is 19.0 Å². The number of likely N-dealkylation sites (tertiary alicyclic amines) is 1. The van der Waals surface area contributed by atoms with E-state index < -0.39 is 17.6 Å². The molecular weight excluding hydrogens is 383 g/mol. The molecule has 1 aliphatic heterocycles. The molecule has 0 amide bonds. The highest BCUT2D eigenvalue weighted by Gasteiger charge is 2.57. The summed E-state index contributed by atoms with van der Waals surface area (Å²) >= 11 is 0. The van der Waals surface area contributed by atoms with Crippen LogP contribution in [0.3, 0.4) is 0 Å². The van der Waals surface area contributed by atoms with Crippen molar-refractivity contribution < 1.29 is 17.9 Å². The first-order valence-corrected chi connectivity index (χ1v) is 9.84. The van der Waals surface area contributed by atoms with Crippen molar-refractivity contribution in [1.29, 1.82) is 0 Å². The molecule has 158 valence electrons. The van der Waals surface area contributed by atoms with Gasteiger partial charge in [-0.2, -0.15) is 18.3 Å². The van der Waals surface area contributed by atoms with Crippen LogP contribution in [-0.4, -0.2) is 53.0 Å². The number of ether oxygens (including phenoxy) is 1. The van der Waals surface area contributed by atoms with Gasteiger partial charge in [0, 0.05) is 56.2 Å². The van der Waals surface area contributed by atoms with E-state index in [1.54, 1.807) is 7.11 Å². The molecule has 1 saturated heterocycles. The largest absolute Gasteiger partial charge is 0.419 e. The fourth-order valence-electron chi connectivity index (χ4n) is 4.51. The van der Waals surface area contributed by atoms with Gasteiger partial charge in [0.15, 0.2) is 0 Å². The Morgan fingerprint density at radius 1 is 1.24 bits per heavy atom. The Morgan fingerprint density at radius 3 is 2.52 bits per heavy atom. The lowest BCUT2D eigenvalue weighted by molar-refractivity contribution is -0.137. The van der Waals surface area contributed by atoms with E-state index in [1.165, 1.54) is 6.20 Å². The third-order valence-electron chi connectivity index (χ3n) is 6.00. The molecule has 0 radical (unpaired) electrons. The Kier molecular flexibility index (Phi) is 5.06. The number of methoxy groups -OCH3 is 1. The minimum atomic E-state index is -4.55. The van der Waals surface area contributed by atoms with Crippen molar-refractivity contribution in [2.75, 3.05) is 39.1 Å². The molecule has 0 aromatic carbocycles. The van der Waals surface area contributed by atoms with E-state index in [4.69, 9.17) is 10.5 Å². The Labute approximate surface area is 167 Å². The predicted octanol–water partition coefficient (Wildman–Crippen LogP) is 3.42. The first-order valence-electron chi connectivity index (χ1n) is 9.84. The van der Waals surface area contributed by atoms with E-state index in [9.17, 15) is 13.2 Å². The Bertz CT molecular complexity index is 883. The van der Waals surface area contributed by atoms with Gasteiger partial charge in [-0.25, -0.2) is 4.98 Å². The molecule has 2 unspecified atom stereocenters. The van der Waals surface area contributed by atoms with E-state index in [0.717, 1.165) is 38.0 Å². The molecule has 1 saturated carbocycles. The maximum Gasteiger partial charge on any atom is 0.419 e. The molecule has 2 atom stereocenters. The molecule has 0 spiro atoms. The van der Waals surface area contributed by atoms with Gasteiger partial charge >= 0.3 is 6.18 Å². The van der Waals surface area contributed by atoms with Crippen LogP contribution < -0.4 is 5.73 Å². The third-order valence-corrected chi connectivity index (χ3v) is 6.00. The van der Waals surface area contributed by atoms with Gasteiger partial charge in [-0.1, -0.05) is 0 Å². The molecule has 9 heteroatoms. The number of pyridine rings is 1. The summed E-state index contributed by atoms with van der Waals surface area (Å²) in [6, 6.07) is 3.09. The number of anilines is 1. The first-order chi connectivity index (χ1) is 13.7. The smallest absolute Gasteiger partial charge is 0.383 e. The molecule has 2 aliphatic rings. The number of nitrogens with two attached hydrogens (primary N) is 1. The molecule has 3 heterocycles. The number of fused-ring (bicyclic) bond motifs is 1. The van der Waals surface area contributed by atoms with E-state index in [0.29, 0.717) is 29.0 Å². The number of rotatable bonds is 6. The molecule has 2 fully saturated rings. The molecule has 29 heavy (non-hydrogen) atoms. The van der Waals surface area contributed by atoms with Crippen molar-refractivity contribution in [3.63, 3.8) is 0 Å². The molecule has 0 bridgehead atoms. The van der Waals surface area contributed by atoms with E-state index in [-0.39, 0.29) is 6.04 Å². The van der Waals surface area contributed by atoms with Crippen molar-refractivity contribution in [2.45, 2.75) is 32.0 Å². The highest BCUT2D eigenvalue weighted by atomic mass is 19.4. The fourth-order valence-corrected chi connectivity index (χ4v) is 4.51. The summed E-state index contributed by atoms with van der Waals surface area (Å²) in [6.45, 7) is 7.78. The monoisotopic (exact) mass is 409 g/mol. The summed E-state index contributed by atoms with van der Waals surface area (Å²) in [5, 5.41) is 4.62. The van der Waals surface area contributed by atoms with Crippen molar-refractivity contribution >= 4 is 5.82 Å². The summed E-state index contributed by atoms with van der Waals surface area (Å²) in [7, 11) is 1.71. The summed E-state index contributed by atoms with van der Waals surface area (Å²) in [5.41, 5.74) is 6.45. The first kappa shape index (κ1) is 20.2. The Balaban J connectivity index is 1.60. The van der Waals surface area contributed by atoms with Gasteiger partial charge in [0.05, 0.1) is 17.9 Å². The number of nitrogens with zero attached hydrogens (tertiary/aromatic N) is 4. The summed E-state index contributed by atoms with van der Waals surface area (Å²) < 4.78 is 46.8. The predicted molar refractivity (Wildman–Crippen MR) is 103 cm³/mol. The van der Waals surface area contributed by atoms with Gasteiger partial charge in [-0.3, -0.25) is 4.68 Å². The molecule has 6 nitrogen and oxygen atoms in total. The van der Waals surface area contributed by atoms with Gasteiger partial charge < -0.3 is 15.4 Å². The zero-order valence-electron chi connectivity index (χ0n) is 16.8. The fraction of sp³-hybridized carbons (Fsp3) is 0.600. The molecule has 4 rings (SSSR count). The highest BCUT2D eigenvalue weighted by molar-refractivity contribution is 5.63. The lowest BCUT2D eigenvalue weighted by atomic mass is 10.1. The second-order valence-corrected chi connectivity index (χ2v) is 8.25. The van der Waals surface area contributed by atoms with Crippen molar-refractivity contribution in [2.24, 2.45) is 11.8 Å². The van der Waals surface area contributed by atoms with Crippen LogP contribution in [0, 0.1) is 11.8 Å². The topological polar surface area (TPSA) is 69.2 Å². The Hall–Kier alpha value is -2.13. The molecule has 1 aliphatic carbocycles. The van der Waals surface area contributed by atoms with Crippen LogP contribution in [0.25, 0.3) is 11.3 Å². The Morgan fingerprint density at radius 2 is 1.93 bits per heavy atom. The number of alkyl halides is 3. The number of hydrogen-bond acceptors (Lipinski definition) is 5. The van der Waals surface area contributed by atoms with Crippen LogP contribution in [0.1, 0.15) is 37.1 Å². The standard InChI is InChI=1S/C20H26F3N5O/c1-11(2)28-17(18-13-9-27(4-5-29-3)10-14(13)18)7-16(26-28)12-6-15(20(21,22)23)19(24)25-8-12/h6-8,11,13-14,18H,4-5,9-10H2,1-3H3,(H2,24,25). The third kappa shape index (κ3) is 3.73. The quantitative estimate of drug-likeness (QED) is 0.792. The number of nitrogen functional groups attached to an aromatic ring is 1. The molecular formula is C20H26F3N5O. The van der Waals surface area contributed by atoms with Crippen LogP contribution in [0.5, 0.6) is 0 Å². The van der Waals surface area contributed by atoms with Crippen molar-refractivity contribution in [3.05, 3.63) is 29.6 Å². The maximum atomic E-state index is 13.2. The second-order valence-electron chi connectivity index (χ2n) is 8.25. The van der Waals surface area contributed by atoms with Gasteiger partial charge in [0.25, 0.3) is 0 Å². The van der Waals surface area contributed by atoms with E-state index in [2.05, 4.69) is 15.0 Å². The van der Waals surface area contributed by atoms with Crippen LogP contribution in [0.2, 0.25) is 0 Å². The van der Waals surface area contributed by atoms with Gasteiger partial charge in [0.1, 0.15) is 5.82 Å². The second kappa shape index (κ2) is 7.28. The molecule has 2 N–H and O–H groups in total. The van der Waals surface area contributed by atoms with Crippen LogP contribution >= 0.6 is 0 Å². The average Bonchev–Trinajstić information content (AvgIpc) is 3.00. The normalized spacial score (nSPS) is 24.3. The highest BCUT2D eigenvalue weighted by Crippen LogP contribution is 2.58. The van der Waals surface area contributed by atoms with Gasteiger partial charge in [-0.05, 0) is 37.8 Å². The maximum absolute atomic E-state index is 13.2. The van der Waals surface area contributed by atoms with E-state index in [1.807, 2.05) is 24.6 Å². The molecule has 2 aromatic rings. The van der Waals surface area contributed by atoms with Gasteiger partial charge in [-0.15, -0.1) is 0 Å². The number of aromatic nitrogens is 3. The number of piperidine rings is 1. The summed E-state index contributed by atoms with van der Waals surface area (Å²) in [6.07, 6.45) is -3.18. The number of hydrogen-bond donors (Lipinski definition) is 1. The zero-order chi connectivity index (χ0) is 20.9. The lowest BCUT2D eigenvalue weighted by Crippen LogP contribution is -2.28. The zero-order valence-corrected chi connectivity index (χ0v) is 16.8. The lowest BCUT2D eigenvalue weighted by Gasteiger charge is -2.19. The molecule has 2 aromatic heterocycles. The van der Waals surface area contributed by atoms with E-state index >= 15 is 0 Å². The van der Waals surface area contributed by atoms with Gasteiger partial charge in [0.2, 0.25) is 0 Å². The summed E-state index contributed by atoms with van der Waals surface area (Å²) in [5.74, 6) is 1.03.